The molecule has 0 aliphatic carbocycles. The summed E-state index contributed by atoms with van der Waals surface area (Å²) in [4.78, 5) is 41.4. The van der Waals surface area contributed by atoms with Crippen LogP contribution in [0.25, 0.3) is 0 Å². The van der Waals surface area contributed by atoms with Crippen LogP contribution >= 0.6 is 24.4 Å². The van der Waals surface area contributed by atoms with Gasteiger partial charge in [0.2, 0.25) is 11.8 Å². The number of nitrogens with two attached hydrogens (primary N) is 1. The van der Waals surface area contributed by atoms with Crippen LogP contribution in [0, 0.1) is 5.41 Å². The zero-order chi connectivity index (χ0) is 26.2. The zero-order valence-electron chi connectivity index (χ0n) is 21.4. The topological polar surface area (TPSA) is 114 Å². The highest BCUT2D eigenvalue weighted by molar-refractivity contribution is 7.98. The molecule has 1 heterocycles. The van der Waals surface area contributed by atoms with Crippen molar-refractivity contribution in [2.75, 3.05) is 31.4 Å². The number of nitrogens with one attached hydrogen (secondary N) is 2. The Balaban J connectivity index is 2.36. The molecule has 196 valence electrons. The Hall–Kier alpha value is -1.75. The van der Waals surface area contributed by atoms with E-state index in [1.165, 1.54) is 7.11 Å². The Labute approximate surface area is 218 Å². The number of carbonyl (C=O) groups is 3. The lowest BCUT2D eigenvalue weighted by Gasteiger charge is -2.41. The van der Waals surface area contributed by atoms with Crippen molar-refractivity contribution in [2.45, 2.75) is 64.3 Å². The first-order chi connectivity index (χ1) is 16.5. The molecule has 1 aliphatic heterocycles. The molecule has 1 aliphatic rings. The lowest BCUT2D eigenvalue weighted by Crippen LogP contribution is -2.61. The molecule has 0 saturated heterocycles. The van der Waals surface area contributed by atoms with Gasteiger partial charge in [-0.3, -0.25) is 9.59 Å². The number of rotatable bonds is 11. The average molecular weight is 525 g/mol. The van der Waals surface area contributed by atoms with Gasteiger partial charge in [-0.05, 0) is 35.0 Å². The molecular weight excluding hydrogens is 484 g/mol. The number of ether oxygens (including phenoxy) is 1. The third kappa shape index (κ3) is 8.13. The van der Waals surface area contributed by atoms with Crippen LogP contribution in [0.15, 0.2) is 24.3 Å². The first kappa shape index (κ1) is 29.5. The predicted molar refractivity (Wildman–Crippen MR) is 145 cm³/mol. The van der Waals surface area contributed by atoms with E-state index in [1.807, 2.05) is 51.3 Å². The summed E-state index contributed by atoms with van der Waals surface area (Å²) in [6.45, 7) is 6.69. The van der Waals surface area contributed by atoms with Crippen molar-refractivity contribution in [1.82, 2.24) is 15.5 Å². The fraction of sp³-hybridized carbons (Fsp3) is 0.640. The molecule has 2 rings (SSSR count). The number of hydrogen-bond acceptors (Lipinski definition) is 8. The molecule has 2 amide bonds. The number of hydrogen-bond donors (Lipinski definition) is 4. The van der Waals surface area contributed by atoms with Gasteiger partial charge in [-0.1, -0.05) is 45.0 Å². The molecule has 10 heteroatoms. The number of thiol groups is 1. The normalized spacial score (nSPS) is 18.3. The minimum absolute atomic E-state index is 0.169. The van der Waals surface area contributed by atoms with Gasteiger partial charge in [0.15, 0.2) is 0 Å². The highest BCUT2D eigenvalue weighted by Gasteiger charge is 2.41. The quantitative estimate of drug-likeness (QED) is 0.257. The van der Waals surface area contributed by atoms with E-state index in [9.17, 15) is 14.4 Å². The van der Waals surface area contributed by atoms with E-state index in [-0.39, 0.29) is 17.9 Å². The third-order valence-corrected chi connectivity index (χ3v) is 7.29. The molecule has 0 bridgehead atoms. The molecule has 0 unspecified atom stereocenters. The van der Waals surface area contributed by atoms with Crippen molar-refractivity contribution in [3.8, 4) is 0 Å². The van der Waals surface area contributed by atoms with Gasteiger partial charge >= 0.3 is 5.97 Å². The molecule has 4 N–H and O–H groups in total. The van der Waals surface area contributed by atoms with Crippen LogP contribution < -0.4 is 16.4 Å². The van der Waals surface area contributed by atoms with E-state index in [1.54, 1.807) is 16.7 Å². The van der Waals surface area contributed by atoms with E-state index in [0.717, 1.165) is 11.1 Å². The summed E-state index contributed by atoms with van der Waals surface area (Å²) in [5, 5.41) is 6.17. The van der Waals surface area contributed by atoms with Gasteiger partial charge in [0.05, 0.1) is 13.2 Å². The molecule has 0 saturated carbocycles. The Morgan fingerprint density at radius 1 is 1.26 bits per heavy atom. The van der Waals surface area contributed by atoms with E-state index < -0.39 is 29.5 Å². The fourth-order valence-electron chi connectivity index (χ4n) is 4.15. The first-order valence-corrected chi connectivity index (χ1v) is 13.9. The second-order valence-corrected chi connectivity index (χ2v) is 11.3. The largest absolute Gasteiger partial charge is 0.467 e. The van der Waals surface area contributed by atoms with Crippen molar-refractivity contribution in [3.63, 3.8) is 0 Å². The van der Waals surface area contributed by atoms with Gasteiger partial charge in [-0.2, -0.15) is 24.4 Å². The third-order valence-electron chi connectivity index (χ3n) is 6.18. The second kappa shape index (κ2) is 13.5. The van der Waals surface area contributed by atoms with Crippen LogP contribution in [-0.2, 0) is 32.1 Å². The molecule has 0 aromatic heterocycles. The van der Waals surface area contributed by atoms with Crippen LogP contribution in [0.2, 0.25) is 0 Å². The highest BCUT2D eigenvalue weighted by Crippen LogP contribution is 2.28. The van der Waals surface area contributed by atoms with Crippen molar-refractivity contribution >= 4 is 42.2 Å². The highest BCUT2D eigenvalue weighted by atomic mass is 32.2. The summed E-state index contributed by atoms with van der Waals surface area (Å²) in [6.07, 6.45) is 2.76. The minimum Gasteiger partial charge on any atom is -0.467 e. The maximum atomic E-state index is 13.9. The number of amides is 2. The maximum Gasteiger partial charge on any atom is 0.328 e. The zero-order valence-corrected chi connectivity index (χ0v) is 23.1. The number of fused-ring (bicyclic) bond motifs is 1. The van der Waals surface area contributed by atoms with Crippen LogP contribution in [0.1, 0.15) is 38.3 Å². The maximum absolute atomic E-state index is 13.9. The molecule has 0 spiro atoms. The number of nitrogens with zero attached hydrogens (tertiary/aromatic N) is 1. The van der Waals surface area contributed by atoms with E-state index in [2.05, 4.69) is 23.3 Å². The summed E-state index contributed by atoms with van der Waals surface area (Å²) < 4.78 is 4.90. The number of esters is 1. The van der Waals surface area contributed by atoms with Gasteiger partial charge in [0, 0.05) is 31.3 Å². The summed E-state index contributed by atoms with van der Waals surface area (Å²) >= 11 is 5.83. The van der Waals surface area contributed by atoms with Crippen molar-refractivity contribution < 1.29 is 19.1 Å². The smallest absolute Gasteiger partial charge is 0.328 e. The SMILES string of the molecule is COC(=O)[C@@H](CCSC)NC(=O)[C@@H]1Cc2ccccc2CN1C(=O)[C@@H](NC[C@@H](N)CS)C(C)(C)C. The molecule has 0 fully saturated rings. The van der Waals surface area contributed by atoms with Gasteiger partial charge in [-0.15, -0.1) is 0 Å². The monoisotopic (exact) mass is 524 g/mol. The van der Waals surface area contributed by atoms with Crippen LogP contribution in [0.5, 0.6) is 0 Å². The molecule has 0 radical (unpaired) electrons. The lowest BCUT2D eigenvalue weighted by molar-refractivity contribution is -0.148. The Bertz CT molecular complexity index is 877. The van der Waals surface area contributed by atoms with Crippen molar-refractivity contribution in [3.05, 3.63) is 35.4 Å². The number of carbonyl (C=O) groups excluding carboxylic acids is 3. The number of methoxy groups -OCH3 is 1. The van der Waals surface area contributed by atoms with E-state index in [4.69, 9.17) is 10.5 Å². The van der Waals surface area contributed by atoms with Gasteiger partial charge in [0.25, 0.3) is 0 Å². The average Bonchev–Trinajstić information content (AvgIpc) is 2.83. The van der Waals surface area contributed by atoms with Crippen molar-refractivity contribution in [1.29, 1.82) is 0 Å². The van der Waals surface area contributed by atoms with Gasteiger partial charge < -0.3 is 26.0 Å². The predicted octanol–water partition coefficient (Wildman–Crippen LogP) is 1.61. The standard InChI is InChI=1S/C25H40N4O4S2/c1-25(2,3)21(27-13-18(26)15-34)23(31)29-14-17-9-7-6-8-16(17)12-20(29)22(30)28-19(10-11-35-5)24(32)33-4/h6-9,18-21,27,34H,10-15,26H2,1-5H3,(H,28,30)/t18-,19-,20+,21-/m1/s1. The Kier molecular flexibility index (Phi) is 11.4. The molecule has 35 heavy (non-hydrogen) atoms. The van der Waals surface area contributed by atoms with Crippen LogP contribution in [-0.4, -0.2) is 78.3 Å². The molecule has 1 aromatic carbocycles. The number of benzene rings is 1. The molecule has 1 aromatic rings. The van der Waals surface area contributed by atoms with Gasteiger partial charge in [-0.25, -0.2) is 4.79 Å². The van der Waals surface area contributed by atoms with Gasteiger partial charge in [0.1, 0.15) is 12.1 Å². The second-order valence-electron chi connectivity index (χ2n) is 9.97. The van der Waals surface area contributed by atoms with E-state index >= 15 is 0 Å². The lowest BCUT2D eigenvalue weighted by atomic mass is 9.84. The van der Waals surface area contributed by atoms with Crippen LogP contribution in [0.3, 0.4) is 0 Å². The Morgan fingerprint density at radius 3 is 2.49 bits per heavy atom. The van der Waals surface area contributed by atoms with E-state index in [0.29, 0.717) is 37.4 Å². The summed E-state index contributed by atoms with van der Waals surface area (Å²) in [6, 6.07) is 5.56. The summed E-state index contributed by atoms with van der Waals surface area (Å²) in [5.41, 5.74) is 7.66. The number of thioether (sulfide) groups is 1. The molecule has 8 nitrogen and oxygen atoms in total. The fourth-order valence-corrected chi connectivity index (χ4v) is 4.75. The minimum atomic E-state index is -0.765. The summed E-state index contributed by atoms with van der Waals surface area (Å²) in [7, 11) is 1.31. The van der Waals surface area contributed by atoms with Crippen molar-refractivity contribution in [2.24, 2.45) is 11.1 Å². The summed E-state index contributed by atoms with van der Waals surface area (Å²) in [5.74, 6) is 0.167. The molecular formula is C25H40N4O4S2. The Morgan fingerprint density at radius 2 is 1.91 bits per heavy atom. The molecule has 4 atom stereocenters. The van der Waals surface area contributed by atoms with Crippen LogP contribution in [0.4, 0.5) is 0 Å². The first-order valence-electron chi connectivity index (χ1n) is 11.9.